The van der Waals surface area contributed by atoms with Gasteiger partial charge in [0.25, 0.3) is 5.91 Å². The third-order valence-electron chi connectivity index (χ3n) is 5.60. The minimum absolute atomic E-state index is 0.0344. The number of hydrogen-bond donors (Lipinski definition) is 0. The molecule has 0 radical (unpaired) electrons. The highest BCUT2D eigenvalue weighted by molar-refractivity contribution is 8.02. The predicted octanol–water partition coefficient (Wildman–Crippen LogP) is 5.24. The van der Waals surface area contributed by atoms with Gasteiger partial charge in [0.15, 0.2) is 11.6 Å². The fraction of sp³-hybridized carbons (Fsp3) is 0.130. The highest BCUT2D eigenvalue weighted by atomic mass is 35.5. The monoisotopic (exact) mass is 474 g/mol. The van der Waals surface area contributed by atoms with Gasteiger partial charge in [0.1, 0.15) is 5.82 Å². The van der Waals surface area contributed by atoms with Crippen molar-refractivity contribution in [1.29, 1.82) is 0 Å². The molecule has 3 aromatic carbocycles. The molecule has 5 rings (SSSR count). The molecule has 0 N–H and O–H groups in total. The van der Waals surface area contributed by atoms with E-state index >= 15 is 0 Å². The standard InChI is InChI=1S/C23H14ClF3N2O2S/c24-16-5-3-6-17(25)14(16)11-28-20-7-2-1-4-15(20)23(22(28)31)29(21(30)12-32-23)13-8-9-18(26)19(27)10-13/h1-10H,11-12H2/t23-/m1/s1. The van der Waals surface area contributed by atoms with Gasteiger partial charge in [-0.15, -0.1) is 11.8 Å². The van der Waals surface area contributed by atoms with Crippen molar-refractivity contribution in [3.8, 4) is 0 Å². The number of halogens is 4. The van der Waals surface area contributed by atoms with Crippen LogP contribution in [0.3, 0.4) is 0 Å². The van der Waals surface area contributed by atoms with Gasteiger partial charge in [0.05, 0.1) is 18.0 Å². The van der Waals surface area contributed by atoms with E-state index in [-0.39, 0.29) is 28.6 Å². The quantitative estimate of drug-likeness (QED) is 0.521. The first-order chi connectivity index (χ1) is 15.3. The molecule has 2 aliphatic heterocycles. The maximum Gasteiger partial charge on any atom is 0.269 e. The van der Waals surface area contributed by atoms with Crippen LogP contribution < -0.4 is 9.80 Å². The van der Waals surface area contributed by atoms with Crippen molar-refractivity contribution in [3.63, 3.8) is 0 Å². The molecular weight excluding hydrogens is 461 g/mol. The molecule has 0 unspecified atom stereocenters. The lowest BCUT2D eigenvalue weighted by Gasteiger charge is -2.33. The number of thioether (sulfide) groups is 1. The molecule has 32 heavy (non-hydrogen) atoms. The first kappa shape index (κ1) is 20.9. The van der Waals surface area contributed by atoms with Gasteiger partial charge >= 0.3 is 0 Å². The Hall–Kier alpha value is -2.97. The Labute approximate surface area is 190 Å². The zero-order chi connectivity index (χ0) is 22.6. The number of carbonyl (C=O) groups is 2. The lowest BCUT2D eigenvalue weighted by atomic mass is 10.0. The molecule has 0 bridgehead atoms. The summed E-state index contributed by atoms with van der Waals surface area (Å²) in [6, 6.07) is 14.2. The zero-order valence-corrected chi connectivity index (χ0v) is 17.9. The summed E-state index contributed by atoms with van der Waals surface area (Å²) in [5, 5.41) is 0.170. The minimum atomic E-state index is -1.52. The summed E-state index contributed by atoms with van der Waals surface area (Å²) >= 11 is 7.28. The van der Waals surface area contributed by atoms with Gasteiger partial charge in [-0.2, -0.15) is 0 Å². The topological polar surface area (TPSA) is 40.6 Å². The second-order valence-corrected chi connectivity index (χ2v) is 8.94. The summed E-state index contributed by atoms with van der Waals surface area (Å²) in [6.07, 6.45) is 0. The van der Waals surface area contributed by atoms with Crippen LogP contribution in [-0.4, -0.2) is 17.6 Å². The normalized spacial score (nSPS) is 19.9. The van der Waals surface area contributed by atoms with E-state index in [9.17, 15) is 22.8 Å². The van der Waals surface area contributed by atoms with Crippen LogP contribution in [0.4, 0.5) is 24.5 Å². The van der Waals surface area contributed by atoms with E-state index in [1.165, 1.54) is 34.1 Å². The van der Waals surface area contributed by atoms with Crippen LogP contribution in [0, 0.1) is 17.5 Å². The van der Waals surface area contributed by atoms with Crippen molar-refractivity contribution in [1.82, 2.24) is 0 Å². The summed E-state index contributed by atoms with van der Waals surface area (Å²) in [4.78, 5) is 27.8. The zero-order valence-electron chi connectivity index (χ0n) is 16.3. The molecule has 2 amide bonds. The van der Waals surface area contributed by atoms with Crippen LogP contribution in [0.1, 0.15) is 11.1 Å². The number of anilines is 2. The first-order valence-electron chi connectivity index (χ1n) is 9.61. The number of nitrogens with zero attached hydrogens (tertiary/aromatic N) is 2. The highest BCUT2D eigenvalue weighted by Gasteiger charge is 2.61. The SMILES string of the molecule is O=C1CS[C@]2(C(=O)N(Cc3c(F)cccc3Cl)c3ccccc32)N1c1ccc(F)c(F)c1. The molecule has 2 aliphatic rings. The van der Waals surface area contributed by atoms with Crippen molar-refractivity contribution in [2.45, 2.75) is 11.4 Å². The third kappa shape index (κ3) is 2.93. The molecule has 0 aromatic heterocycles. The molecule has 3 aromatic rings. The minimum Gasteiger partial charge on any atom is -0.304 e. The lowest BCUT2D eigenvalue weighted by molar-refractivity contribution is -0.123. The molecule has 0 aliphatic carbocycles. The van der Waals surface area contributed by atoms with Gasteiger partial charge in [-0.3, -0.25) is 14.5 Å². The highest BCUT2D eigenvalue weighted by Crippen LogP contribution is 2.56. The summed E-state index contributed by atoms with van der Waals surface area (Å²) in [5.74, 6) is -3.69. The van der Waals surface area contributed by atoms with Gasteiger partial charge in [0, 0.05) is 27.9 Å². The van der Waals surface area contributed by atoms with Crippen LogP contribution in [0.15, 0.2) is 60.7 Å². The van der Waals surface area contributed by atoms with Gasteiger partial charge in [-0.25, -0.2) is 13.2 Å². The Bertz CT molecular complexity index is 1270. The molecule has 0 saturated carbocycles. The van der Waals surface area contributed by atoms with E-state index in [0.29, 0.717) is 11.3 Å². The number of fused-ring (bicyclic) bond motifs is 2. The van der Waals surface area contributed by atoms with Crippen molar-refractivity contribution < 1.29 is 22.8 Å². The molecule has 1 fully saturated rings. The second kappa shape index (κ2) is 7.56. The maximum atomic E-state index is 14.5. The molecular formula is C23H14ClF3N2O2S. The van der Waals surface area contributed by atoms with E-state index in [0.717, 1.165) is 23.9 Å². The molecule has 1 saturated heterocycles. The van der Waals surface area contributed by atoms with Crippen LogP contribution in [0.2, 0.25) is 5.02 Å². The molecule has 1 spiro atoms. The summed E-state index contributed by atoms with van der Waals surface area (Å²) in [7, 11) is 0. The molecule has 9 heteroatoms. The number of hydrogen-bond acceptors (Lipinski definition) is 3. The Balaban J connectivity index is 1.66. The van der Waals surface area contributed by atoms with Crippen LogP contribution in [0.5, 0.6) is 0 Å². The fourth-order valence-electron chi connectivity index (χ4n) is 4.18. The van der Waals surface area contributed by atoms with E-state index in [4.69, 9.17) is 11.6 Å². The second-order valence-electron chi connectivity index (χ2n) is 7.37. The molecule has 1 atom stereocenters. The first-order valence-corrected chi connectivity index (χ1v) is 11.0. The third-order valence-corrected chi connectivity index (χ3v) is 7.34. The van der Waals surface area contributed by atoms with E-state index in [1.54, 1.807) is 24.3 Å². The fourth-order valence-corrected chi connectivity index (χ4v) is 5.76. The number of benzene rings is 3. The number of amides is 2. The van der Waals surface area contributed by atoms with E-state index in [2.05, 4.69) is 0 Å². The van der Waals surface area contributed by atoms with Crippen molar-refractivity contribution in [2.75, 3.05) is 15.6 Å². The van der Waals surface area contributed by atoms with E-state index < -0.39 is 34.1 Å². The largest absolute Gasteiger partial charge is 0.304 e. The Morgan fingerprint density at radius 2 is 1.72 bits per heavy atom. The van der Waals surface area contributed by atoms with E-state index in [1.807, 2.05) is 0 Å². The lowest BCUT2D eigenvalue weighted by Crippen LogP contribution is -2.49. The number of para-hydroxylation sites is 1. The van der Waals surface area contributed by atoms with Crippen LogP contribution in [-0.2, 0) is 21.0 Å². The average molecular weight is 475 g/mol. The maximum absolute atomic E-state index is 14.5. The molecule has 162 valence electrons. The van der Waals surface area contributed by atoms with Crippen LogP contribution in [0.25, 0.3) is 0 Å². The van der Waals surface area contributed by atoms with Crippen LogP contribution >= 0.6 is 23.4 Å². The number of carbonyl (C=O) groups excluding carboxylic acids is 2. The number of rotatable bonds is 3. The van der Waals surface area contributed by atoms with Gasteiger partial charge in [0.2, 0.25) is 10.8 Å². The Morgan fingerprint density at radius 1 is 0.938 bits per heavy atom. The van der Waals surface area contributed by atoms with Gasteiger partial charge < -0.3 is 4.90 Å². The smallest absolute Gasteiger partial charge is 0.269 e. The van der Waals surface area contributed by atoms with Crippen molar-refractivity contribution in [3.05, 3.63) is 94.3 Å². The average Bonchev–Trinajstić information content (AvgIpc) is 3.23. The van der Waals surface area contributed by atoms with Gasteiger partial charge in [-0.1, -0.05) is 35.9 Å². The summed E-state index contributed by atoms with van der Waals surface area (Å²) in [6.45, 7) is -0.149. The predicted molar refractivity (Wildman–Crippen MR) is 117 cm³/mol. The summed E-state index contributed by atoms with van der Waals surface area (Å²) in [5.41, 5.74) is 1.21. The summed E-state index contributed by atoms with van der Waals surface area (Å²) < 4.78 is 42.0. The Morgan fingerprint density at radius 3 is 2.47 bits per heavy atom. The van der Waals surface area contributed by atoms with Crippen molar-refractivity contribution in [2.24, 2.45) is 0 Å². The van der Waals surface area contributed by atoms with Gasteiger partial charge in [-0.05, 0) is 30.3 Å². The van der Waals surface area contributed by atoms with Crippen molar-refractivity contribution >= 4 is 46.6 Å². The molecule has 4 nitrogen and oxygen atoms in total. The molecule has 2 heterocycles. The Kier molecular flexibility index (Phi) is 4.94.